The number of carbonyl (C=O) groups is 1. The van der Waals surface area contributed by atoms with Gasteiger partial charge in [-0.25, -0.2) is 4.79 Å². The molecule has 2 rings (SSSR count). The largest absolute Gasteiger partial charge is 0.496 e. The highest BCUT2D eigenvalue weighted by Gasteiger charge is 2.21. The topological polar surface area (TPSA) is 61.8 Å². The van der Waals surface area contributed by atoms with Crippen molar-refractivity contribution in [2.45, 2.75) is 0 Å². The number of ether oxygens (including phenoxy) is 2. The molecule has 6 heteroatoms. The van der Waals surface area contributed by atoms with Crippen molar-refractivity contribution in [1.82, 2.24) is 0 Å². The maximum absolute atomic E-state index is 12.2. The Bertz CT molecular complexity index is 632. The minimum atomic E-state index is -2.67. The Hall–Kier alpha value is -2.26. The molecule has 1 atom stereocenters. The quantitative estimate of drug-likeness (QED) is 0.795. The van der Waals surface area contributed by atoms with Crippen LogP contribution in [0, 0.1) is 0 Å². The summed E-state index contributed by atoms with van der Waals surface area (Å²) in [5.74, 6) is -0.124. The second-order valence-corrected chi connectivity index (χ2v) is 5.44. The van der Waals surface area contributed by atoms with Crippen molar-refractivity contribution in [3.05, 3.63) is 54.1 Å². The predicted octanol–water partition coefficient (Wildman–Crippen LogP) is 2.66. The van der Waals surface area contributed by atoms with Crippen LogP contribution in [0.15, 0.2) is 48.5 Å². The van der Waals surface area contributed by atoms with Gasteiger partial charge in [-0.2, -0.15) is 0 Å². The van der Waals surface area contributed by atoms with Crippen LogP contribution >= 0.6 is 8.03 Å². The van der Waals surface area contributed by atoms with Gasteiger partial charge in [0.25, 0.3) is 8.03 Å². The number of methoxy groups -OCH3 is 2. The number of rotatable bonds is 5. The molecular formula is C15H15O5P. The van der Waals surface area contributed by atoms with Crippen LogP contribution in [-0.2, 0) is 9.09 Å². The number of hydrogen-bond acceptors (Lipinski definition) is 5. The van der Waals surface area contributed by atoms with E-state index >= 15 is 0 Å². The fourth-order valence-corrected chi connectivity index (χ4v) is 2.67. The first-order valence-corrected chi connectivity index (χ1v) is 7.51. The van der Waals surface area contributed by atoms with E-state index in [0.717, 1.165) is 0 Å². The zero-order valence-corrected chi connectivity index (χ0v) is 12.7. The predicted molar refractivity (Wildman–Crippen MR) is 80.0 cm³/mol. The van der Waals surface area contributed by atoms with E-state index in [9.17, 15) is 9.36 Å². The van der Waals surface area contributed by atoms with Gasteiger partial charge in [0.15, 0.2) is 0 Å². The summed E-state index contributed by atoms with van der Waals surface area (Å²) in [5, 5.41) is 0.477. The minimum Gasteiger partial charge on any atom is -0.496 e. The van der Waals surface area contributed by atoms with E-state index in [1.54, 1.807) is 48.5 Å². The first kappa shape index (κ1) is 15.1. The van der Waals surface area contributed by atoms with Crippen molar-refractivity contribution in [1.29, 1.82) is 0 Å². The number of carbonyl (C=O) groups excluding carboxylic acids is 1. The molecule has 0 aromatic heterocycles. The van der Waals surface area contributed by atoms with E-state index in [1.807, 2.05) is 0 Å². The van der Waals surface area contributed by atoms with E-state index in [1.165, 1.54) is 14.2 Å². The Kier molecular flexibility index (Phi) is 5.01. The Morgan fingerprint density at radius 3 is 2.00 bits per heavy atom. The second kappa shape index (κ2) is 6.95. The van der Waals surface area contributed by atoms with Gasteiger partial charge in [-0.15, -0.1) is 0 Å². The highest BCUT2D eigenvalue weighted by molar-refractivity contribution is 7.49. The number of hydrogen-bond donors (Lipinski definition) is 0. The highest BCUT2D eigenvalue weighted by Crippen LogP contribution is 2.32. The summed E-state index contributed by atoms with van der Waals surface area (Å²) in [6.45, 7) is 0. The van der Waals surface area contributed by atoms with Crippen molar-refractivity contribution in [2.24, 2.45) is 0 Å². The second-order valence-electron chi connectivity index (χ2n) is 4.08. The SMILES string of the molecule is COc1cccc(OC)c1C(=O)O[PH](=O)c1ccccc1. The molecule has 0 aliphatic heterocycles. The Morgan fingerprint density at radius 1 is 0.905 bits per heavy atom. The molecule has 5 nitrogen and oxygen atoms in total. The lowest BCUT2D eigenvalue weighted by Gasteiger charge is -2.12. The summed E-state index contributed by atoms with van der Waals surface area (Å²) < 4.78 is 27.4. The van der Waals surface area contributed by atoms with Gasteiger partial charge in [0.1, 0.15) is 17.1 Å². The van der Waals surface area contributed by atoms with Crippen LogP contribution in [0.5, 0.6) is 11.5 Å². The maximum Gasteiger partial charge on any atom is 0.350 e. The van der Waals surface area contributed by atoms with Crippen molar-refractivity contribution in [2.75, 3.05) is 14.2 Å². The van der Waals surface area contributed by atoms with Crippen LogP contribution in [0.1, 0.15) is 10.4 Å². The summed E-state index contributed by atoms with van der Waals surface area (Å²) in [5.41, 5.74) is 0.122. The lowest BCUT2D eigenvalue weighted by atomic mass is 10.2. The molecule has 21 heavy (non-hydrogen) atoms. The first-order valence-electron chi connectivity index (χ1n) is 6.20. The summed E-state index contributed by atoms with van der Waals surface area (Å²) in [7, 11) is 0.200. The Labute approximate surface area is 123 Å². The Balaban J connectivity index is 2.27. The van der Waals surface area contributed by atoms with Gasteiger partial charge >= 0.3 is 5.97 Å². The molecule has 0 bridgehead atoms. The van der Waals surface area contributed by atoms with E-state index in [-0.39, 0.29) is 5.56 Å². The third-order valence-corrected chi connectivity index (χ3v) is 4.00. The average molecular weight is 306 g/mol. The molecule has 0 fully saturated rings. The molecule has 0 saturated heterocycles. The molecule has 0 amide bonds. The summed E-state index contributed by atoms with van der Waals surface area (Å²) >= 11 is 0. The van der Waals surface area contributed by atoms with E-state index in [0.29, 0.717) is 16.8 Å². The molecule has 0 spiro atoms. The van der Waals surface area contributed by atoms with Gasteiger partial charge in [0, 0.05) is 5.30 Å². The van der Waals surface area contributed by atoms with Crippen LogP contribution in [0.2, 0.25) is 0 Å². The van der Waals surface area contributed by atoms with Gasteiger partial charge in [-0.05, 0) is 24.3 Å². The van der Waals surface area contributed by atoms with Gasteiger partial charge in [-0.3, -0.25) is 4.57 Å². The van der Waals surface area contributed by atoms with Crippen molar-refractivity contribution in [3.8, 4) is 11.5 Å². The van der Waals surface area contributed by atoms with Crippen LogP contribution < -0.4 is 14.8 Å². The first-order chi connectivity index (χ1) is 10.2. The van der Waals surface area contributed by atoms with Gasteiger partial charge < -0.3 is 14.0 Å². The van der Waals surface area contributed by atoms with E-state index in [2.05, 4.69) is 0 Å². The fraction of sp³-hybridized carbons (Fsp3) is 0.133. The van der Waals surface area contributed by atoms with Crippen molar-refractivity contribution in [3.63, 3.8) is 0 Å². The smallest absolute Gasteiger partial charge is 0.350 e. The normalized spacial score (nSPS) is 11.5. The lowest BCUT2D eigenvalue weighted by molar-refractivity contribution is 0.0744. The summed E-state index contributed by atoms with van der Waals surface area (Å²) in [4.78, 5) is 12.2. The van der Waals surface area contributed by atoms with Crippen LogP contribution in [0.25, 0.3) is 0 Å². The fourth-order valence-electron chi connectivity index (χ4n) is 1.82. The van der Waals surface area contributed by atoms with Crippen molar-refractivity contribution >= 4 is 19.3 Å². The van der Waals surface area contributed by atoms with Gasteiger partial charge in [-0.1, -0.05) is 24.3 Å². The van der Waals surface area contributed by atoms with E-state index in [4.69, 9.17) is 14.0 Å². The molecule has 0 saturated carbocycles. The molecule has 110 valence electrons. The lowest BCUT2D eigenvalue weighted by Crippen LogP contribution is -2.08. The van der Waals surface area contributed by atoms with Gasteiger partial charge in [0.2, 0.25) is 0 Å². The van der Waals surface area contributed by atoms with Crippen LogP contribution in [0.3, 0.4) is 0 Å². The number of benzene rings is 2. The Morgan fingerprint density at radius 2 is 1.48 bits per heavy atom. The molecule has 0 aliphatic carbocycles. The third-order valence-electron chi connectivity index (χ3n) is 2.83. The van der Waals surface area contributed by atoms with Crippen LogP contribution in [-0.4, -0.2) is 20.2 Å². The molecule has 0 aliphatic rings. The summed E-state index contributed by atoms with van der Waals surface area (Å²) in [6.07, 6.45) is 0. The summed E-state index contributed by atoms with van der Waals surface area (Å²) in [6, 6.07) is 13.5. The zero-order chi connectivity index (χ0) is 15.2. The molecular weight excluding hydrogens is 291 g/mol. The molecule has 0 N–H and O–H groups in total. The molecule has 0 heterocycles. The average Bonchev–Trinajstić information content (AvgIpc) is 2.54. The van der Waals surface area contributed by atoms with E-state index < -0.39 is 14.0 Å². The molecule has 2 aromatic rings. The minimum absolute atomic E-state index is 0.122. The monoisotopic (exact) mass is 306 g/mol. The zero-order valence-electron chi connectivity index (χ0n) is 11.7. The maximum atomic E-state index is 12.2. The molecule has 1 unspecified atom stereocenters. The van der Waals surface area contributed by atoms with Crippen LogP contribution in [0.4, 0.5) is 0 Å². The molecule has 0 radical (unpaired) electrons. The third kappa shape index (κ3) is 3.44. The van der Waals surface area contributed by atoms with Crippen molar-refractivity contribution < 1.29 is 23.4 Å². The highest BCUT2D eigenvalue weighted by atomic mass is 31.1. The van der Waals surface area contributed by atoms with Gasteiger partial charge in [0.05, 0.1) is 14.2 Å². The standard InChI is InChI=1S/C15H15O5P/c1-18-12-9-6-10-13(19-2)14(12)15(16)20-21(17)11-7-4-3-5-8-11/h3-10,21H,1-2H3. The molecule has 2 aromatic carbocycles.